The monoisotopic (exact) mass is 345 g/mol. The van der Waals surface area contributed by atoms with E-state index in [2.05, 4.69) is 20.8 Å². The quantitative estimate of drug-likeness (QED) is 0.407. The van der Waals surface area contributed by atoms with Gasteiger partial charge in [0.05, 0.1) is 12.8 Å². The highest BCUT2D eigenvalue weighted by molar-refractivity contribution is 7.71. The van der Waals surface area contributed by atoms with E-state index < -0.39 is 0 Å². The van der Waals surface area contributed by atoms with Gasteiger partial charge in [0.25, 0.3) is 0 Å². The SMILES string of the molecule is CCOc1ccc(-c2n[nH]c(=S)n2NN=Cc2cccs2)cc1. The van der Waals surface area contributed by atoms with Crippen molar-refractivity contribution in [2.75, 3.05) is 12.1 Å². The van der Waals surface area contributed by atoms with Gasteiger partial charge in [0.15, 0.2) is 5.82 Å². The second kappa shape index (κ2) is 7.21. The van der Waals surface area contributed by atoms with Gasteiger partial charge in [-0.15, -0.1) is 11.3 Å². The van der Waals surface area contributed by atoms with Crippen molar-refractivity contribution < 1.29 is 4.74 Å². The zero-order valence-corrected chi connectivity index (χ0v) is 14.0. The Hall–Kier alpha value is -2.45. The molecule has 0 aliphatic rings. The summed E-state index contributed by atoms with van der Waals surface area (Å²) in [5, 5.41) is 13.2. The number of nitrogens with one attached hydrogen (secondary N) is 2. The summed E-state index contributed by atoms with van der Waals surface area (Å²) in [6.07, 6.45) is 1.74. The first-order valence-electron chi connectivity index (χ1n) is 7.01. The summed E-state index contributed by atoms with van der Waals surface area (Å²) in [4.78, 5) is 1.05. The van der Waals surface area contributed by atoms with Gasteiger partial charge in [-0.2, -0.15) is 14.9 Å². The molecule has 0 saturated heterocycles. The van der Waals surface area contributed by atoms with E-state index in [1.54, 1.807) is 22.2 Å². The van der Waals surface area contributed by atoms with Crippen LogP contribution in [0.5, 0.6) is 5.75 Å². The lowest BCUT2D eigenvalue weighted by molar-refractivity contribution is 0.340. The molecular weight excluding hydrogens is 330 g/mol. The highest BCUT2D eigenvalue weighted by atomic mass is 32.1. The normalized spacial score (nSPS) is 11.0. The number of H-pyrrole nitrogens is 1. The second-order valence-corrected chi connectivity index (χ2v) is 5.88. The molecule has 0 radical (unpaired) electrons. The van der Waals surface area contributed by atoms with Crippen LogP contribution in [-0.2, 0) is 0 Å². The molecule has 2 aromatic heterocycles. The van der Waals surface area contributed by atoms with Crippen LogP contribution in [-0.4, -0.2) is 27.7 Å². The first-order valence-corrected chi connectivity index (χ1v) is 8.30. The van der Waals surface area contributed by atoms with Crippen molar-refractivity contribution in [2.24, 2.45) is 5.10 Å². The Balaban J connectivity index is 1.82. The lowest BCUT2D eigenvalue weighted by Gasteiger charge is -2.06. The molecule has 1 aromatic carbocycles. The van der Waals surface area contributed by atoms with E-state index in [0.717, 1.165) is 16.2 Å². The van der Waals surface area contributed by atoms with Gasteiger partial charge in [-0.1, -0.05) is 6.07 Å². The molecule has 0 unspecified atom stereocenters. The number of benzene rings is 1. The average Bonchev–Trinajstić information content (AvgIpc) is 3.20. The van der Waals surface area contributed by atoms with Gasteiger partial charge in [0.1, 0.15) is 5.75 Å². The molecule has 8 heteroatoms. The minimum atomic E-state index is 0.442. The molecule has 118 valence electrons. The number of hydrogen-bond donors (Lipinski definition) is 2. The van der Waals surface area contributed by atoms with Crippen molar-refractivity contribution in [3.63, 3.8) is 0 Å². The van der Waals surface area contributed by atoms with E-state index in [9.17, 15) is 0 Å². The molecule has 6 nitrogen and oxygen atoms in total. The predicted molar refractivity (Wildman–Crippen MR) is 95.3 cm³/mol. The molecule has 2 N–H and O–H groups in total. The van der Waals surface area contributed by atoms with Crippen molar-refractivity contribution in [3.05, 3.63) is 51.4 Å². The van der Waals surface area contributed by atoms with Crippen molar-refractivity contribution in [3.8, 4) is 17.1 Å². The molecular formula is C15H15N5OS2. The molecule has 0 saturated carbocycles. The number of thiophene rings is 1. The molecule has 3 aromatic rings. The van der Waals surface area contributed by atoms with Crippen molar-refractivity contribution in [2.45, 2.75) is 6.92 Å². The van der Waals surface area contributed by atoms with Crippen LogP contribution in [0.15, 0.2) is 46.9 Å². The molecule has 0 amide bonds. The van der Waals surface area contributed by atoms with E-state index in [-0.39, 0.29) is 0 Å². The molecule has 2 heterocycles. The number of nitrogens with zero attached hydrogens (tertiary/aromatic N) is 3. The van der Waals surface area contributed by atoms with Crippen LogP contribution in [0.2, 0.25) is 0 Å². The Labute approximate surface area is 142 Å². The molecule has 0 atom stereocenters. The molecule has 3 rings (SSSR count). The second-order valence-electron chi connectivity index (χ2n) is 4.52. The number of hydrazone groups is 1. The molecule has 0 fully saturated rings. The summed E-state index contributed by atoms with van der Waals surface area (Å²) in [6, 6.07) is 11.6. The van der Waals surface area contributed by atoms with E-state index in [4.69, 9.17) is 17.0 Å². The van der Waals surface area contributed by atoms with Crippen molar-refractivity contribution in [1.29, 1.82) is 0 Å². The summed E-state index contributed by atoms with van der Waals surface area (Å²) in [6.45, 7) is 2.59. The third kappa shape index (κ3) is 3.66. The van der Waals surface area contributed by atoms with Crippen molar-refractivity contribution >= 4 is 29.8 Å². The minimum Gasteiger partial charge on any atom is -0.494 e. The Morgan fingerprint density at radius 3 is 2.91 bits per heavy atom. The first kappa shape index (κ1) is 15.4. The fourth-order valence-electron chi connectivity index (χ4n) is 1.97. The molecule has 0 aliphatic heterocycles. The Morgan fingerprint density at radius 2 is 2.22 bits per heavy atom. The number of aromatic nitrogens is 3. The Kier molecular flexibility index (Phi) is 4.84. The third-order valence-corrected chi connectivity index (χ3v) is 4.07. The lowest BCUT2D eigenvalue weighted by atomic mass is 10.2. The van der Waals surface area contributed by atoms with Gasteiger partial charge in [-0.25, -0.2) is 10.6 Å². The Morgan fingerprint density at radius 1 is 1.39 bits per heavy atom. The maximum absolute atomic E-state index is 5.44. The fourth-order valence-corrected chi connectivity index (χ4v) is 2.72. The third-order valence-electron chi connectivity index (χ3n) is 2.99. The maximum atomic E-state index is 5.44. The summed E-state index contributed by atoms with van der Waals surface area (Å²) in [7, 11) is 0. The molecule has 0 bridgehead atoms. The zero-order chi connectivity index (χ0) is 16.1. The van der Waals surface area contributed by atoms with Gasteiger partial charge in [-0.05, 0) is 54.9 Å². The van der Waals surface area contributed by atoms with Crippen LogP contribution in [0, 0.1) is 4.77 Å². The van der Waals surface area contributed by atoms with Gasteiger partial charge >= 0.3 is 0 Å². The summed E-state index contributed by atoms with van der Waals surface area (Å²) < 4.78 is 7.51. The standard InChI is InChI=1S/C15H15N5OS2/c1-2-21-12-7-5-11(6-8-12)14-17-18-15(22)20(14)19-16-10-13-4-3-9-23-13/h3-10,19H,2H2,1H3,(H,18,22). The van der Waals surface area contributed by atoms with E-state index in [0.29, 0.717) is 17.2 Å². The maximum Gasteiger partial charge on any atom is 0.216 e. The van der Waals surface area contributed by atoms with Crippen LogP contribution in [0.1, 0.15) is 11.8 Å². The number of ether oxygens (including phenoxy) is 1. The zero-order valence-electron chi connectivity index (χ0n) is 12.4. The largest absolute Gasteiger partial charge is 0.494 e. The van der Waals surface area contributed by atoms with Gasteiger partial charge < -0.3 is 4.74 Å². The van der Waals surface area contributed by atoms with Gasteiger partial charge in [0, 0.05) is 10.4 Å². The molecule has 23 heavy (non-hydrogen) atoms. The summed E-state index contributed by atoms with van der Waals surface area (Å²) in [5.74, 6) is 1.47. The van der Waals surface area contributed by atoms with Crippen LogP contribution in [0.25, 0.3) is 11.4 Å². The van der Waals surface area contributed by atoms with Crippen LogP contribution >= 0.6 is 23.6 Å². The average molecular weight is 345 g/mol. The summed E-state index contributed by atoms with van der Waals surface area (Å²) in [5.41, 5.74) is 3.80. The first-order chi connectivity index (χ1) is 11.3. The lowest BCUT2D eigenvalue weighted by Crippen LogP contribution is -2.10. The van der Waals surface area contributed by atoms with Crippen molar-refractivity contribution in [1.82, 2.24) is 14.9 Å². The number of hydrogen-bond acceptors (Lipinski definition) is 6. The number of rotatable bonds is 6. The van der Waals surface area contributed by atoms with E-state index >= 15 is 0 Å². The van der Waals surface area contributed by atoms with E-state index in [1.807, 2.05) is 48.7 Å². The van der Waals surface area contributed by atoms with Gasteiger partial charge in [-0.3, -0.25) is 0 Å². The molecule has 0 aliphatic carbocycles. The van der Waals surface area contributed by atoms with Crippen LogP contribution in [0.4, 0.5) is 0 Å². The fraction of sp³-hybridized carbons (Fsp3) is 0.133. The minimum absolute atomic E-state index is 0.442. The number of aromatic amines is 1. The molecule has 0 spiro atoms. The van der Waals surface area contributed by atoms with Crippen LogP contribution < -0.4 is 10.3 Å². The predicted octanol–water partition coefficient (Wildman–Crippen LogP) is 3.65. The smallest absolute Gasteiger partial charge is 0.216 e. The highest BCUT2D eigenvalue weighted by Gasteiger charge is 2.08. The Bertz CT molecular complexity index is 834. The van der Waals surface area contributed by atoms with Crippen LogP contribution in [0.3, 0.4) is 0 Å². The summed E-state index contributed by atoms with van der Waals surface area (Å²) >= 11 is 6.85. The van der Waals surface area contributed by atoms with E-state index in [1.165, 1.54) is 0 Å². The topological polar surface area (TPSA) is 67.2 Å². The highest BCUT2D eigenvalue weighted by Crippen LogP contribution is 2.20. The van der Waals surface area contributed by atoms with Gasteiger partial charge in [0.2, 0.25) is 4.77 Å².